The molecule has 2 N–H and O–H groups in total. The molecule has 0 spiro atoms. The second kappa shape index (κ2) is 4.60. The molecule has 0 atom stereocenters. The third-order valence-corrected chi connectivity index (χ3v) is 2.81. The summed E-state index contributed by atoms with van der Waals surface area (Å²) >= 11 is 0. The van der Waals surface area contributed by atoms with Crippen LogP contribution in [0.3, 0.4) is 0 Å². The Labute approximate surface area is 108 Å². The minimum atomic E-state index is -4.51. The van der Waals surface area contributed by atoms with Crippen LogP contribution in [0.25, 0.3) is 5.69 Å². The van der Waals surface area contributed by atoms with Crippen molar-refractivity contribution in [1.82, 2.24) is 9.78 Å². The quantitative estimate of drug-likeness (QED) is 0.905. The van der Waals surface area contributed by atoms with Crippen molar-refractivity contribution in [2.45, 2.75) is 25.9 Å². The molecule has 2 rings (SSSR count). The Morgan fingerprint density at radius 1 is 1.16 bits per heavy atom. The highest BCUT2D eigenvalue weighted by Gasteiger charge is 2.39. The number of alkyl halides is 3. The molecule has 0 aliphatic rings. The third-order valence-electron chi connectivity index (χ3n) is 2.81. The number of nitrogens with two attached hydrogens (primary N) is 1. The minimum absolute atomic E-state index is 0.0357. The normalized spacial score (nSPS) is 12.1. The molecule has 0 saturated heterocycles. The summed E-state index contributed by atoms with van der Waals surface area (Å²) in [5.41, 5.74) is 5.47. The number of aromatic nitrogens is 2. The van der Waals surface area contributed by atoms with Crippen LogP contribution in [0.2, 0.25) is 0 Å². The predicted octanol–water partition coefficient (Wildman–Crippen LogP) is 3.60. The van der Waals surface area contributed by atoms with Gasteiger partial charge in [0.2, 0.25) is 0 Å². The average Bonchev–Trinajstić information content (AvgIpc) is 2.68. The number of benzene rings is 1. The number of hydrogen-bond donors (Lipinski definition) is 1. The standard InChI is InChI=1S/C13H14F3N3/c1-8(2)10-11(13(14,15)16)18-19(12(10)17)9-6-4-3-5-7-9/h3-8H,17H2,1-2H3. The fourth-order valence-electron chi connectivity index (χ4n) is 1.99. The molecule has 1 aromatic carbocycles. The molecule has 0 fully saturated rings. The SMILES string of the molecule is CC(C)c1c(C(F)(F)F)nn(-c2ccccc2)c1N. The van der Waals surface area contributed by atoms with Crippen molar-refractivity contribution < 1.29 is 13.2 Å². The lowest BCUT2D eigenvalue weighted by Gasteiger charge is -2.09. The zero-order valence-electron chi connectivity index (χ0n) is 10.6. The van der Waals surface area contributed by atoms with Gasteiger partial charge in [-0.15, -0.1) is 0 Å². The number of halogens is 3. The monoisotopic (exact) mass is 269 g/mol. The van der Waals surface area contributed by atoms with Crippen molar-refractivity contribution in [3.63, 3.8) is 0 Å². The molecule has 1 aromatic heterocycles. The van der Waals surface area contributed by atoms with Crippen LogP contribution >= 0.6 is 0 Å². The predicted molar refractivity (Wildman–Crippen MR) is 67.1 cm³/mol. The first kappa shape index (κ1) is 13.5. The maximum absolute atomic E-state index is 13.0. The van der Waals surface area contributed by atoms with E-state index >= 15 is 0 Å². The van der Waals surface area contributed by atoms with Gasteiger partial charge < -0.3 is 5.73 Å². The summed E-state index contributed by atoms with van der Waals surface area (Å²) in [4.78, 5) is 0. The van der Waals surface area contributed by atoms with Gasteiger partial charge in [0.05, 0.1) is 5.69 Å². The average molecular weight is 269 g/mol. The number of hydrogen-bond acceptors (Lipinski definition) is 2. The van der Waals surface area contributed by atoms with E-state index in [1.165, 1.54) is 0 Å². The van der Waals surface area contributed by atoms with Gasteiger partial charge in [-0.05, 0) is 18.1 Å². The zero-order valence-corrected chi connectivity index (χ0v) is 10.6. The van der Waals surface area contributed by atoms with Gasteiger partial charge >= 0.3 is 6.18 Å². The minimum Gasteiger partial charge on any atom is -0.383 e. The topological polar surface area (TPSA) is 43.8 Å². The summed E-state index contributed by atoms with van der Waals surface area (Å²) < 4.78 is 40.1. The number of para-hydroxylation sites is 1. The number of nitrogens with zero attached hydrogens (tertiary/aromatic N) is 2. The van der Waals surface area contributed by atoms with Gasteiger partial charge in [-0.3, -0.25) is 0 Å². The Balaban J connectivity index is 2.66. The van der Waals surface area contributed by atoms with Crippen molar-refractivity contribution >= 4 is 5.82 Å². The summed E-state index contributed by atoms with van der Waals surface area (Å²) in [7, 11) is 0. The molecule has 0 unspecified atom stereocenters. The van der Waals surface area contributed by atoms with Crippen LogP contribution in [-0.4, -0.2) is 9.78 Å². The smallest absolute Gasteiger partial charge is 0.383 e. The summed E-state index contributed by atoms with van der Waals surface area (Å²) in [5.74, 6) is -0.317. The van der Waals surface area contributed by atoms with Crippen molar-refractivity contribution in [2.24, 2.45) is 0 Å². The fourth-order valence-corrected chi connectivity index (χ4v) is 1.99. The first-order chi connectivity index (χ1) is 8.82. The second-order valence-corrected chi connectivity index (χ2v) is 4.55. The van der Waals surface area contributed by atoms with Crippen molar-refractivity contribution in [2.75, 3.05) is 5.73 Å². The van der Waals surface area contributed by atoms with Crippen LogP contribution < -0.4 is 5.73 Å². The highest BCUT2D eigenvalue weighted by molar-refractivity contribution is 5.52. The van der Waals surface area contributed by atoms with Crippen LogP contribution in [0, 0.1) is 0 Å². The molecule has 1 heterocycles. The molecule has 0 saturated carbocycles. The first-order valence-corrected chi connectivity index (χ1v) is 5.83. The van der Waals surface area contributed by atoms with Crippen molar-refractivity contribution in [3.8, 4) is 5.69 Å². The van der Waals surface area contributed by atoms with E-state index in [1.54, 1.807) is 44.2 Å². The van der Waals surface area contributed by atoms with Crippen molar-refractivity contribution in [3.05, 3.63) is 41.6 Å². The molecule has 0 aliphatic carbocycles. The van der Waals surface area contributed by atoms with Gasteiger partial charge in [-0.25, -0.2) is 4.68 Å². The number of anilines is 1. The molecule has 0 radical (unpaired) electrons. The lowest BCUT2D eigenvalue weighted by molar-refractivity contribution is -0.142. The van der Waals surface area contributed by atoms with E-state index < -0.39 is 11.9 Å². The second-order valence-electron chi connectivity index (χ2n) is 4.55. The maximum Gasteiger partial charge on any atom is 0.435 e. The van der Waals surface area contributed by atoms with Gasteiger partial charge in [0, 0.05) is 5.56 Å². The highest BCUT2D eigenvalue weighted by Crippen LogP contribution is 2.38. The van der Waals surface area contributed by atoms with Crippen LogP contribution in [-0.2, 0) is 6.18 Å². The summed E-state index contributed by atoms with van der Waals surface area (Å²) in [6, 6.07) is 8.54. The maximum atomic E-state index is 13.0. The molecule has 0 amide bonds. The molecule has 3 nitrogen and oxygen atoms in total. The van der Waals surface area contributed by atoms with Crippen LogP contribution in [0.5, 0.6) is 0 Å². The van der Waals surface area contributed by atoms with Crippen LogP contribution in [0.15, 0.2) is 30.3 Å². The third kappa shape index (κ3) is 2.43. The van der Waals surface area contributed by atoms with E-state index in [9.17, 15) is 13.2 Å². The molecule has 0 aliphatic heterocycles. The van der Waals surface area contributed by atoms with E-state index in [0.717, 1.165) is 4.68 Å². The lowest BCUT2D eigenvalue weighted by atomic mass is 10.0. The molecule has 102 valence electrons. The highest BCUT2D eigenvalue weighted by atomic mass is 19.4. The van der Waals surface area contributed by atoms with E-state index in [1.807, 2.05) is 0 Å². The Kier molecular flexibility index (Phi) is 3.26. The Morgan fingerprint density at radius 3 is 2.16 bits per heavy atom. The van der Waals surface area contributed by atoms with Crippen LogP contribution in [0.1, 0.15) is 31.0 Å². The molecular formula is C13H14F3N3. The summed E-state index contributed by atoms with van der Waals surface area (Å²) in [5, 5.41) is 3.64. The first-order valence-electron chi connectivity index (χ1n) is 5.83. The number of rotatable bonds is 2. The molecule has 19 heavy (non-hydrogen) atoms. The fraction of sp³-hybridized carbons (Fsp3) is 0.308. The lowest BCUT2D eigenvalue weighted by Crippen LogP contribution is -2.10. The van der Waals surface area contributed by atoms with E-state index in [0.29, 0.717) is 5.69 Å². The summed E-state index contributed by atoms with van der Waals surface area (Å²) in [6.07, 6.45) is -4.51. The molecule has 2 aromatic rings. The van der Waals surface area contributed by atoms with Crippen molar-refractivity contribution in [1.29, 1.82) is 0 Å². The van der Waals surface area contributed by atoms with Gasteiger partial charge in [0.1, 0.15) is 5.82 Å². The van der Waals surface area contributed by atoms with E-state index in [-0.39, 0.29) is 17.3 Å². The summed E-state index contributed by atoms with van der Waals surface area (Å²) in [6.45, 7) is 3.33. The van der Waals surface area contributed by atoms with Crippen LogP contribution in [0.4, 0.5) is 19.0 Å². The van der Waals surface area contributed by atoms with E-state index in [4.69, 9.17) is 5.73 Å². The van der Waals surface area contributed by atoms with E-state index in [2.05, 4.69) is 5.10 Å². The van der Waals surface area contributed by atoms with Gasteiger partial charge in [0.25, 0.3) is 0 Å². The molecular weight excluding hydrogens is 255 g/mol. The zero-order chi connectivity index (χ0) is 14.2. The van der Waals surface area contributed by atoms with Gasteiger partial charge in [-0.1, -0.05) is 32.0 Å². The molecule has 6 heteroatoms. The largest absolute Gasteiger partial charge is 0.435 e. The Morgan fingerprint density at radius 2 is 1.74 bits per heavy atom. The molecule has 0 bridgehead atoms. The van der Waals surface area contributed by atoms with Gasteiger partial charge in [-0.2, -0.15) is 18.3 Å². The van der Waals surface area contributed by atoms with Gasteiger partial charge in [0.15, 0.2) is 5.69 Å². The Hall–Kier alpha value is -1.98. The number of nitrogen functional groups attached to an aromatic ring is 1. The Bertz CT molecular complexity index is 571.